The second-order valence-electron chi connectivity index (χ2n) is 6.08. The Kier molecular flexibility index (Phi) is 6.06. The van der Waals surface area contributed by atoms with Crippen LogP contribution in [0.2, 0.25) is 0 Å². The Bertz CT molecular complexity index is 949. The molecule has 0 aliphatic rings. The Balaban J connectivity index is 1.71. The summed E-state index contributed by atoms with van der Waals surface area (Å²) in [7, 11) is 0. The number of rotatable bonds is 8. The number of carbonyl (C=O) groups excluding carboxylic acids is 1. The van der Waals surface area contributed by atoms with Crippen molar-refractivity contribution < 1.29 is 24.2 Å². The van der Waals surface area contributed by atoms with Crippen LogP contribution in [0.25, 0.3) is 5.69 Å². The molecule has 0 aliphatic carbocycles. The van der Waals surface area contributed by atoms with E-state index in [9.17, 15) is 14.7 Å². The van der Waals surface area contributed by atoms with Gasteiger partial charge in [0.05, 0.1) is 24.2 Å². The number of hydrogen-bond acceptors (Lipinski definition) is 5. The van der Waals surface area contributed by atoms with Gasteiger partial charge in [-0.15, -0.1) is 0 Å². The fraction of sp³-hybridized carbons (Fsp3) is 0.190. The highest BCUT2D eigenvalue weighted by Crippen LogP contribution is 2.19. The first kappa shape index (κ1) is 19.2. The molecular formula is C21H20N2O5. The van der Waals surface area contributed by atoms with Crippen LogP contribution in [-0.4, -0.2) is 33.4 Å². The predicted molar refractivity (Wildman–Crippen MR) is 102 cm³/mol. The lowest BCUT2D eigenvalue weighted by Crippen LogP contribution is -2.10. The van der Waals surface area contributed by atoms with E-state index >= 15 is 0 Å². The lowest BCUT2D eigenvalue weighted by molar-refractivity contribution is -0.140. The molecule has 3 aromatic rings. The number of esters is 1. The van der Waals surface area contributed by atoms with Gasteiger partial charge in [-0.1, -0.05) is 30.3 Å². The summed E-state index contributed by atoms with van der Waals surface area (Å²) >= 11 is 0. The van der Waals surface area contributed by atoms with Gasteiger partial charge in [-0.2, -0.15) is 5.10 Å². The maximum absolute atomic E-state index is 11.5. The average molecular weight is 380 g/mol. The van der Waals surface area contributed by atoms with Gasteiger partial charge in [-0.25, -0.2) is 9.48 Å². The van der Waals surface area contributed by atoms with Crippen LogP contribution in [0, 0.1) is 0 Å². The van der Waals surface area contributed by atoms with E-state index < -0.39 is 5.97 Å². The zero-order valence-electron chi connectivity index (χ0n) is 15.4. The summed E-state index contributed by atoms with van der Waals surface area (Å²) in [5.74, 6) is -0.751. The van der Waals surface area contributed by atoms with Crippen LogP contribution in [0.5, 0.6) is 5.75 Å². The minimum Gasteiger partial charge on any atom is -0.487 e. The van der Waals surface area contributed by atoms with Crippen molar-refractivity contribution in [2.24, 2.45) is 0 Å². The molecule has 144 valence electrons. The molecule has 2 aromatic carbocycles. The highest BCUT2D eigenvalue weighted by atomic mass is 16.5. The number of carboxylic acid groups (broad SMARTS) is 1. The van der Waals surface area contributed by atoms with Crippen LogP contribution in [0.1, 0.15) is 28.5 Å². The van der Waals surface area contributed by atoms with Crippen molar-refractivity contribution in [2.45, 2.75) is 20.0 Å². The molecule has 0 saturated carbocycles. The molecule has 0 fully saturated rings. The molecule has 0 atom stereocenters. The molecule has 0 unspecified atom stereocenters. The number of carbonyl (C=O) groups is 2. The van der Waals surface area contributed by atoms with Crippen molar-refractivity contribution in [3.8, 4) is 11.4 Å². The summed E-state index contributed by atoms with van der Waals surface area (Å²) < 4.78 is 12.3. The van der Waals surface area contributed by atoms with Gasteiger partial charge in [0.2, 0.25) is 0 Å². The van der Waals surface area contributed by atoms with Gasteiger partial charge in [0.1, 0.15) is 17.9 Å². The van der Waals surface area contributed by atoms with E-state index in [1.54, 1.807) is 16.8 Å². The van der Waals surface area contributed by atoms with Crippen LogP contribution in [0.15, 0.2) is 60.8 Å². The van der Waals surface area contributed by atoms with Crippen molar-refractivity contribution >= 4 is 11.9 Å². The molecule has 0 saturated heterocycles. The average Bonchev–Trinajstić information content (AvgIpc) is 3.12. The highest BCUT2D eigenvalue weighted by molar-refractivity contribution is 5.88. The van der Waals surface area contributed by atoms with E-state index in [-0.39, 0.29) is 18.1 Å². The van der Waals surface area contributed by atoms with Gasteiger partial charge in [0.15, 0.2) is 0 Å². The van der Waals surface area contributed by atoms with Gasteiger partial charge < -0.3 is 14.6 Å². The van der Waals surface area contributed by atoms with E-state index in [4.69, 9.17) is 9.47 Å². The second kappa shape index (κ2) is 8.85. The summed E-state index contributed by atoms with van der Waals surface area (Å²) in [5, 5.41) is 13.6. The third kappa shape index (κ3) is 4.76. The molecule has 0 radical (unpaired) electrons. The van der Waals surface area contributed by atoms with Crippen LogP contribution >= 0.6 is 0 Å². The first-order valence-corrected chi connectivity index (χ1v) is 8.75. The maximum Gasteiger partial charge on any atom is 0.339 e. The fourth-order valence-corrected chi connectivity index (χ4v) is 2.70. The van der Waals surface area contributed by atoms with E-state index in [0.717, 1.165) is 11.3 Å². The largest absolute Gasteiger partial charge is 0.487 e. The number of hydrogen-bond donors (Lipinski definition) is 1. The van der Waals surface area contributed by atoms with Crippen molar-refractivity contribution in [3.63, 3.8) is 0 Å². The van der Waals surface area contributed by atoms with Crippen LogP contribution in [-0.2, 0) is 22.6 Å². The third-order valence-corrected chi connectivity index (χ3v) is 4.10. The van der Waals surface area contributed by atoms with Crippen molar-refractivity contribution in [1.29, 1.82) is 0 Å². The highest BCUT2D eigenvalue weighted by Gasteiger charge is 2.18. The number of para-hydroxylation sites is 1. The lowest BCUT2D eigenvalue weighted by atomic mass is 10.1. The Labute approximate surface area is 162 Å². The van der Waals surface area contributed by atoms with Crippen LogP contribution in [0.4, 0.5) is 0 Å². The quantitative estimate of drug-likeness (QED) is 0.603. The molecule has 0 amide bonds. The SMILES string of the molecule is CC(=O)OCCc1ccc(OCc2c(C(=O)O)cnn2-c2ccccc2)cc1. The van der Waals surface area contributed by atoms with Crippen molar-refractivity contribution in [1.82, 2.24) is 9.78 Å². The van der Waals surface area contributed by atoms with Gasteiger partial charge in [0.25, 0.3) is 0 Å². The Morgan fingerprint density at radius 1 is 1.07 bits per heavy atom. The Morgan fingerprint density at radius 2 is 1.79 bits per heavy atom. The summed E-state index contributed by atoms with van der Waals surface area (Å²) in [6.45, 7) is 1.76. The molecule has 1 heterocycles. The number of carboxylic acids is 1. The molecule has 7 nitrogen and oxygen atoms in total. The molecule has 1 N–H and O–H groups in total. The first-order chi connectivity index (χ1) is 13.5. The minimum atomic E-state index is -1.05. The van der Waals surface area contributed by atoms with E-state index in [1.165, 1.54) is 13.1 Å². The predicted octanol–water partition coefficient (Wildman–Crippen LogP) is 3.26. The first-order valence-electron chi connectivity index (χ1n) is 8.75. The molecular weight excluding hydrogens is 360 g/mol. The zero-order chi connectivity index (χ0) is 19.9. The van der Waals surface area contributed by atoms with Crippen LogP contribution < -0.4 is 4.74 Å². The van der Waals surface area contributed by atoms with Gasteiger partial charge in [0, 0.05) is 13.3 Å². The minimum absolute atomic E-state index is 0.0589. The molecule has 0 spiro atoms. The Hall–Kier alpha value is -3.61. The van der Waals surface area contributed by atoms with Gasteiger partial charge in [-0.3, -0.25) is 4.79 Å². The van der Waals surface area contributed by atoms with E-state index in [0.29, 0.717) is 24.5 Å². The molecule has 1 aromatic heterocycles. The number of nitrogens with zero attached hydrogens (tertiary/aromatic N) is 2. The van der Waals surface area contributed by atoms with Crippen molar-refractivity contribution in [2.75, 3.05) is 6.61 Å². The Morgan fingerprint density at radius 3 is 2.43 bits per heavy atom. The molecule has 3 rings (SSSR count). The number of aromatic nitrogens is 2. The molecule has 28 heavy (non-hydrogen) atoms. The second-order valence-corrected chi connectivity index (χ2v) is 6.08. The van der Waals surface area contributed by atoms with Gasteiger partial charge in [-0.05, 0) is 29.8 Å². The normalized spacial score (nSPS) is 10.5. The molecule has 0 bridgehead atoms. The van der Waals surface area contributed by atoms with Gasteiger partial charge >= 0.3 is 11.9 Å². The molecule has 0 aliphatic heterocycles. The summed E-state index contributed by atoms with van der Waals surface area (Å²) in [6, 6.07) is 16.6. The number of aromatic carboxylic acids is 1. The summed E-state index contributed by atoms with van der Waals surface area (Å²) in [5.41, 5.74) is 2.32. The zero-order valence-corrected chi connectivity index (χ0v) is 15.4. The topological polar surface area (TPSA) is 90.7 Å². The van der Waals surface area contributed by atoms with Crippen LogP contribution in [0.3, 0.4) is 0 Å². The van der Waals surface area contributed by atoms with Crippen molar-refractivity contribution in [3.05, 3.63) is 77.6 Å². The maximum atomic E-state index is 11.5. The summed E-state index contributed by atoms with van der Waals surface area (Å²) in [6.07, 6.45) is 1.94. The van der Waals surface area contributed by atoms with E-state index in [1.807, 2.05) is 42.5 Å². The monoisotopic (exact) mass is 380 g/mol. The standard InChI is InChI=1S/C21H20N2O5/c1-15(24)27-12-11-16-7-9-18(10-8-16)28-14-20-19(21(25)26)13-22-23(20)17-5-3-2-4-6-17/h2-10,13H,11-12,14H2,1H3,(H,25,26). The molecule has 7 heteroatoms. The summed E-state index contributed by atoms with van der Waals surface area (Å²) in [4.78, 5) is 22.3. The smallest absolute Gasteiger partial charge is 0.339 e. The fourth-order valence-electron chi connectivity index (χ4n) is 2.70. The third-order valence-electron chi connectivity index (χ3n) is 4.10. The lowest BCUT2D eigenvalue weighted by Gasteiger charge is -2.11. The van der Waals surface area contributed by atoms with E-state index in [2.05, 4.69) is 5.10 Å². The number of benzene rings is 2. The number of ether oxygens (including phenoxy) is 2.